The van der Waals surface area contributed by atoms with Crippen molar-refractivity contribution in [1.82, 2.24) is 15.1 Å². The van der Waals surface area contributed by atoms with Gasteiger partial charge >= 0.3 is 6.03 Å². The minimum atomic E-state index is -1.30. The van der Waals surface area contributed by atoms with Crippen LogP contribution in [0.5, 0.6) is 0 Å². The lowest BCUT2D eigenvalue weighted by molar-refractivity contribution is -0.140. The largest absolute Gasteiger partial charge is 0.341 e. The van der Waals surface area contributed by atoms with E-state index in [2.05, 4.69) is 12.2 Å². The van der Waals surface area contributed by atoms with Gasteiger partial charge < -0.3 is 10.2 Å². The second kappa shape index (κ2) is 7.29. The van der Waals surface area contributed by atoms with Crippen LogP contribution in [0, 0.1) is 11.7 Å². The zero-order valence-electron chi connectivity index (χ0n) is 16.0. The Morgan fingerprint density at radius 2 is 1.89 bits per heavy atom. The molecule has 146 valence electrons. The first kappa shape index (κ1) is 19.3. The average Bonchev–Trinajstić information content (AvgIpc) is 2.86. The molecule has 1 aliphatic carbocycles. The lowest BCUT2D eigenvalue weighted by Gasteiger charge is -2.36. The van der Waals surface area contributed by atoms with Crippen LogP contribution in [-0.2, 0) is 15.1 Å². The molecular formula is C20H26FN3O3. The maximum atomic E-state index is 13.2. The number of nitrogens with zero attached hydrogens (tertiary/aromatic N) is 2. The molecule has 1 N–H and O–H groups in total. The number of halogens is 1. The predicted molar refractivity (Wildman–Crippen MR) is 98.2 cm³/mol. The maximum Gasteiger partial charge on any atom is 0.325 e. The Balaban J connectivity index is 1.73. The number of imide groups is 1. The molecule has 0 spiro atoms. The van der Waals surface area contributed by atoms with E-state index in [0.29, 0.717) is 11.5 Å². The Bertz CT molecular complexity index is 751. The Kier molecular flexibility index (Phi) is 5.22. The van der Waals surface area contributed by atoms with E-state index in [1.54, 1.807) is 18.9 Å². The molecule has 1 aliphatic heterocycles. The summed E-state index contributed by atoms with van der Waals surface area (Å²) in [6.07, 6.45) is 4.27. The van der Waals surface area contributed by atoms with Crippen molar-refractivity contribution in [1.29, 1.82) is 0 Å². The highest BCUT2D eigenvalue weighted by molar-refractivity contribution is 6.09. The van der Waals surface area contributed by atoms with Crippen LogP contribution in [0.15, 0.2) is 24.3 Å². The topological polar surface area (TPSA) is 69.7 Å². The second-order valence-corrected chi connectivity index (χ2v) is 7.79. The number of rotatable bonds is 4. The first-order valence-electron chi connectivity index (χ1n) is 9.40. The molecule has 4 amide bonds. The smallest absolute Gasteiger partial charge is 0.325 e. The van der Waals surface area contributed by atoms with Crippen LogP contribution >= 0.6 is 0 Å². The van der Waals surface area contributed by atoms with Crippen molar-refractivity contribution in [2.75, 3.05) is 13.6 Å². The van der Waals surface area contributed by atoms with Crippen LogP contribution in [0.3, 0.4) is 0 Å². The fourth-order valence-corrected chi connectivity index (χ4v) is 4.12. The molecule has 3 rings (SSSR count). The third-order valence-electron chi connectivity index (χ3n) is 5.95. The van der Waals surface area contributed by atoms with Gasteiger partial charge in [-0.3, -0.25) is 14.5 Å². The molecule has 2 fully saturated rings. The molecular weight excluding hydrogens is 349 g/mol. The van der Waals surface area contributed by atoms with Crippen molar-refractivity contribution in [2.45, 2.75) is 51.1 Å². The van der Waals surface area contributed by atoms with Crippen molar-refractivity contribution in [3.8, 4) is 0 Å². The van der Waals surface area contributed by atoms with E-state index < -0.39 is 23.3 Å². The third kappa shape index (κ3) is 3.55. The lowest BCUT2D eigenvalue weighted by atomic mass is 9.85. The molecule has 1 saturated carbocycles. The summed E-state index contributed by atoms with van der Waals surface area (Å²) in [5, 5.41) is 2.64. The fourth-order valence-electron chi connectivity index (χ4n) is 4.12. The number of urea groups is 1. The van der Waals surface area contributed by atoms with Gasteiger partial charge in [-0.15, -0.1) is 0 Å². The molecule has 3 unspecified atom stereocenters. The molecule has 0 bridgehead atoms. The van der Waals surface area contributed by atoms with E-state index in [-0.39, 0.29) is 18.5 Å². The van der Waals surface area contributed by atoms with Crippen molar-refractivity contribution in [2.24, 2.45) is 5.92 Å². The number of likely N-dealkylation sites (N-methyl/N-ethyl adjacent to an activating group) is 1. The minimum Gasteiger partial charge on any atom is -0.341 e. The summed E-state index contributed by atoms with van der Waals surface area (Å²) in [6, 6.07) is 4.95. The average molecular weight is 375 g/mol. The van der Waals surface area contributed by atoms with Crippen LogP contribution < -0.4 is 5.32 Å². The van der Waals surface area contributed by atoms with Crippen LogP contribution in [0.25, 0.3) is 0 Å². The van der Waals surface area contributed by atoms with Gasteiger partial charge in [-0.25, -0.2) is 9.18 Å². The number of amides is 4. The molecule has 0 aromatic heterocycles. The summed E-state index contributed by atoms with van der Waals surface area (Å²) in [4.78, 5) is 40.7. The van der Waals surface area contributed by atoms with Crippen molar-refractivity contribution in [3.63, 3.8) is 0 Å². The fraction of sp³-hybridized carbons (Fsp3) is 0.550. The number of benzene rings is 1. The number of carbonyl (C=O) groups is 3. The molecule has 2 aliphatic rings. The summed E-state index contributed by atoms with van der Waals surface area (Å²) < 4.78 is 13.2. The first-order chi connectivity index (χ1) is 12.7. The number of nitrogens with one attached hydrogen (secondary N) is 1. The van der Waals surface area contributed by atoms with E-state index >= 15 is 0 Å². The molecule has 3 atom stereocenters. The Hall–Kier alpha value is -2.44. The van der Waals surface area contributed by atoms with Gasteiger partial charge in [-0.1, -0.05) is 31.9 Å². The molecule has 1 aromatic carbocycles. The van der Waals surface area contributed by atoms with E-state index in [9.17, 15) is 18.8 Å². The molecule has 7 heteroatoms. The predicted octanol–water partition coefficient (Wildman–Crippen LogP) is 2.63. The zero-order valence-corrected chi connectivity index (χ0v) is 16.0. The Labute approximate surface area is 158 Å². The number of carbonyl (C=O) groups excluding carboxylic acids is 3. The standard InChI is InChI=1S/C20H26FN3O3/c1-13-6-4-5-7-16(13)23(3)17(25)12-24-18(26)20(2,22-19(24)27)14-8-10-15(21)11-9-14/h8-11,13,16H,4-7,12H2,1-3H3,(H,22,27). The maximum absolute atomic E-state index is 13.2. The Morgan fingerprint density at radius 3 is 2.52 bits per heavy atom. The summed E-state index contributed by atoms with van der Waals surface area (Å²) in [5.74, 6) is -0.771. The van der Waals surface area contributed by atoms with Gasteiger partial charge in [0.1, 0.15) is 17.9 Å². The first-order valence-corrected chi connectivity index (χ1v) is 9.40. The van der Waals surface area contributed by atoms with E-state index in [1.807, 2.05) is 0 Å². The minimum absolute atomic E-state index is 0.135. The van der Waals surface area contributed by atoms with Crippen molar-refractivity contribution in [3.05, 3.63) is 35.6 Å². The normalized spacial score (nSPS) is 28.2. The summed E-state index contributed by atoms with van der Waals surface area (Å²) >= 11 is 0. The Morgan fingerprint density at radius 1 is 1.26 bits per heavy atom. The molecule has 0 radical (unpaired) electrons. The monoisotopic (exact) mass is 375 g/mol. The summed E-state index contributed by atoms with van der Waals surface area (Å²) in [5.41, 5.74) is -0.826. The summed E-state index contributed by atoms with van der Waals surface area (Å²) in [6.45, 7) is 3.41. The van der Waals surface area contributed by atoms with Gasteiger partial charge in [0.2, 0.25) is 5.91 Å². The van der Waals surface area contributed by atoms with Crippen molar-refractivity contribution >= 4 is 17.8 Å². The van der Waals surface area contributed by atoms with Gasteiger partial charge in [0.05, 0.1) is 0 Å². The highest BCUT2D eigenvalue weighted by Gasteiger charge is 2.49. The van der Waals surface area contributed by atoms with Gasteiger partial charge in [-0.05, 0) is 43.4 Å². The molecule has 6 nitrogen and oxygen atoms in total. The third-order valence-corrected chi connectivity index (χ3v) is 5.95. The van der Waals surface area contributed by atoms with Gasteiger partial charge in [0.25, 0.3) is 5.91 Å². The van der Waals surface area contributed by atoms with E-state index in [4.69, 9.17) is 0 Å². The highest BCUT2D eigenvalue weighted by Crippen LogP contribution is 2.30. The van der Waals surface area contributed by atoms with Crippen LogP contribution in [0.4, 0.5) is 9.18 Å². The molecule has 1 saturated heterocycles. The highest BCUT2D eigenvalue weighted by atomic mass is 19.1. The zero-order chi connectivity index (χ0) is 19.8. The number of hydrogen-bond donors (Lipinski definition) is 1. The molecule has 1 aromatic rings. The van der Waals surface area contributed by atoms with Crippen LogP contribution in [0.2, 0.25) is 0 Å². The SMILES string of the molecule is CC1CCCCC1N(C)C(=O)CN1C(=O)NC(C)(c2ccc(F)cc2)C1=O. The van der Waals surface area contributed by atoms with E-state index in [0.717, 1.165) is 24.2 Å². The van der Waals surface area contributed by atoms with Crippen molar-refractivity contribution < 1.29 is 18.8 Å². The van der Waals surface area contributed by atoms with Gasteiger partial charge in [0.15, 0.2) is 0 Å². The summed E-state index contributed by atoms with van der Waals surface area (Å²) in [7, 11) is 1.74. The van der Waals surface area contributed by atoms with Crippen LogP contribution in [-0.4, -0.2) is 47.3 Å². The molecule has 27 heavy (non-hydrogen) atoms. The second-order valence-electron chi connectivity index (χ2n) is 7.79. The quantitative estimate of drug-likeness (QED) is 0.823. The number of hydrogen-bond acceptors (Lipinski definition) is 3. The lowest BCUT2D eigenvalue weighted by Crippen LogP contribution is -2.48. The van der Waals surface area contributed by atoms with Gasteiger partial charge in [0, 0.05) is 13.1 Å². The molecule has 1 heterocycles. The van der Waals surface area contributed by atoms with Gasteiger partial charge in [-0.2, -0.15) is 0 Å². The van der Waals surface area contributed by atoms with Crippen LogP contribution in [0.1, 0.15) is 45.1 Å². The van der Waals surface area contributed by atoms with E-state index in [1.165, 1.54) is 30.7 Å².